The van der Waals surface area contributed by atoms with Gasteiger partial charge in [0.1, 0.15) is 11.8 Å². The lowest BCUT2D eigenvalue weighted by Gasteiger charge is -2.38. The third-order valence-electron chi connectivity index (χ3n) is 8.35. The lowest BCUT2D eigenvalue weighted by molar-refractivity contribution is 0.0887. The predicted octanol–water partition coefficient (Wildman–Crippen LogP) is 3.63. The van der Waals surface area contributed by atoms with E-state index in [0.717, 1.165) is 77.1 Å². The number of nitrogens with zero attached hydrogens (tertiary/aromatic N) is 6. The molecule has 11 nitrogen and oxygen atoms in total. The van der Waals surface area contributed by atoms with Gasteiger partial charge in [0.05, 0.1) is 16.7 Å². The zero-order valence-corrected chi connectivity index (χ0v) is 23.8. The van der Waals surface area contributed by atoms with E-state index in [0.29, 0.717) is 41.0 Å². The molecule has 0 bridgehead atoms. The van der Waals surface area contributed by atoms with Crippen molar-refractivity contribution in [3.8, 4) is 11.8 Å². The summed E-state index contributed by atoms with van der Waals surface area (Å²) in [5.41, 5.74) is 0.739. The van der Waals surface area contributed by atoms with Crippen molar-refractivity contribution in [3.05, 3.63) is 46.6 Å². The van der Waals surface area contributed by atoms with E-state index in [2.05, 4.69) is 25.3 Å². The molecule has 218 valence electrons. The van der Waals surface area contributed by atoms with Gasteiger partial charge in [0, 0.05) is 57.9 Å². The SMILES string of the molecule is N#Cc1ccc(OC2CCC(NC(=O)c3ccc(N4CCC(CN5CCN(C(=O)O)CC5)CC4)nn3)CC2)cc1Cl. The number of anilines is 1. The number of aromatic nitrogens is 2. The van der Waals surface area contributed by atoms with Gasteiger partial charge in [-0.25, -0.2) is 4.79 Å². The quantitative estimate of drug-likeness (QED) is 0.502. The highest BCUT2D eigenvalue weighted by Crippen LogP contribution is 2.28. The van der Waals surface area contributed by atoms with E-state index < -0.39 is 6.09 Å². The molecule has 0 atom stereocenters. The van der Waals surface area contributed by atoms with Gasteiger partial charge in [0.2, 0.25) is 0 Å². The number of hydrogen-bond donors (Lipinski definition) is 2. The van der Waals surface area contributed by atoms with Gasteiger partial charge in [-0.1, -0.05) is 11.6 Å². The van der Waals surface area contributed by atoms with Crippen LogP contribution in [0.1, 0.15) is 54.6 Å². The van der Waals surface area contributed by atoms with E-state index >= 15 is 0 Å². The Morgan fingerprint density at radius 3 is 2.34 bits per heavy atom. The molecule has 1 aromatic carbocycles. The van der Waals surface area contributed by atoms with Crippen LogP contribution in [-0.2, 0) is 0 Å². The van der Waals surface area contributed by atoms with Gasteiger partial charge in [-0.2, -0.15) is 5.26 Å². The van der Waals surface area contributed by atoms with Gasteiger partial charge < -0.3 is 25.0 Å². The number of nitriles is 1. The number of amides is 2. The number of carbonyl (C=O) groups excluding carboxylic acids is 1. The molecular formula is C29H36ClN7O4. The van der Waals surface area contributed by atoms with Gasteiger partial charge >= 0.3 is 6.09 Å². The zero-order valence-electron chi connectivity index (χ0n) is 23.0. The molecule has 2 amide bonds. The van der Waals surface area contributed by atoms with Crippen LogP contribution < -0.4 is 15.0 Å². The molecule has 1 saturated carbocycles. The van der Waals surface area contributed by atoms with Crippen molar-refractivity contribution in [2.45, 2.75) is 50.7 Å². The first kappa shape index (κ1) is 28.9. The van der Waals surface area contributed by atoms with E-state index in [9.17, 15) is 9.59 Å². The number of carboxylic acid groups (broad SMARTS) is 1. The molecule has 5 rings (SSSR count). The van der Waals surface area contributed by atoms with E-state index in [1.807, 2.05) is 12.1 Å². The van der Waals surface area contributed by atoms with Gasteiger partial charge in [-0.3, -0.25) is 9.69 Å². The highest BCUT2D eigenvalue weighted by molar-refractivity contribution is 6.31. The summed E-state index contributed by atoms with van der Waals surface area (Å²) in [6, 6.07) is 10.8. The van der Waals surface area contributed by atoms with Crippen molar-refractivity contribution in [1.82, 2.24) is 25.3 Å². The van der Waals surface area contributed by atoms with E-state index in [1.165, 1.54) is 4.90 Å². The summed E-state index contributed by atoms with van der Waals surface area (Å²) in [7, 11) is 0. The molecule has 0 radical (unpaired) electrons. The fourth-order valence-electron chi connectivity index (χ4n) is 5.88. The molecule has 1 aromatic heterocycles. The summed E-state index contributed by atoms with van der Waals surface area (Å²) in [5, 5.41) is 30.2. The molecular weight excluding hydrogens is 546 g/mol. The molecule has 1 aliphatic carbocycles. The van der Waals surface area contributed by atoms with Gasteiger partial charge in [0.25, 0.3) is 5.91 Å². The summed E-state index contributed by atoms with van der Waals surface area (Å²) in [6.07, 6.45) is 4.53. The lowest BCUT2D eigenvalue weighted by Crippen LogP contribution is -2.50. The second-order valence-corrected chi connectivity index (χ2v) is 11.5. The molecule has 3 fully saturated rings. The van der Waals surface area contributed by atoms with Gasteiger partial charge in [0.15, 0.2) is 11.5 Å². The van der Waals surface area contributed by atoms with Gasteiger partial charge in [-0.15, -0.1) is 10.2 Å². The Balaban J connectivity index is 1.02. The van der Waals surface area contributed by atoms with E-state index in [4.69, 9.17) is 26.7 Å². The summed E-state index contributed by atoms with van der Waals surface area (Å²) in [5.74, 6) is 1.81. The molecule has 2 aliphatic heterocycles. The lowest BCUT2D eigenvalue weighted by atomic mass is 9.93. The molecule has 2 saturated heterocycles. The number of nitrogens with one attached hydrogen (secondary N) is 1. The molecule has 41 heavy (non-hydrogen) atoms. The third-order valence-corrected chi connectivity index (χ3v) is 8.67. The first-order valence-corrected chi connectivity index (χ1v) is 14.7. The maximum Gasteiger partial charge on any atom is 0.407 e. The number of piperazine rings is 1. The van der Waals surface area contributed by atoms with Crippen molar-refractivity contribution < 1.29 is 19.4 Å². The molecule has 2 N–H and O–H groups in total. The minimum atomic E-state index is -0.830. The predicted molar refractivity (Wildman–Crippen MR) is 153 cm³/mol. The number of piperidine rings is 1. The monoisotopic (exact) mass is 581 g/mol. The fourth-order valence-corrected chi connectivity index (χ4v) is 6.10. The van der Waals surface area contributed by atoms with Crippen LogP contribution in [-0.4, -0.2) is 95.1 Å². The van der Waals surface area contributed by atoms with Crippen LogP contribution in [0.15, 0.2) is 30.3 Å². The normalized spacial score (nSPS) is 22.1. The highest BCUT2D eigenvalue weighted by Gasteiger charge is 2.27. The fraction of sp³-hybridized carbons (Fsp3) is 0.552. The molecule has 0 unspecified atom stereocenters. The van der Waals surface area contributed by atoms with Gasteiger partial charge in [-0.05, 0) is 68.7 Å². The number of halogens is 1. The topological polar surface area (TPSA) is 135 Å². The Kier molecular flexibility index (Phi) is 9.42. The molecule has 12 heteroatoms. The van der Waals surface area contributed by atoms with Crippen LogP contribution in [0, 0.1) is 17.2 Å². The Morgan fingerprint density at radius 2 is 1.73 bits per heavy atom. The minimum Gasteiger partial charge on any atom is -0.490 e. The average Bonchev–Trinajstić information content (AvgIpc) is 2.99. The van der Waals surface area contributed by atoms with Crippen molar-refractivity contribution in [3.63, 3.8) is 0 Å². The number of hydrogen-bond acceptors (Lipinski definition) is 8. The average molecular weight is 582 g/mol. The largest absolute Gasteiger partial charge is 0.490 e. The van der Waals surface area contributed by atoms with Crippen LogP contribution in [0.25, 0.3) is 0 Å². The van der Waals surface area contributed by atoms with Crippen LogP contribution in [0.4, 0.5) is 10.6 Å². The molecule has 0 spiro atoms. The van der Waals surface area contributed by atoms with Crippen LogP contribution >= 0.6 is 11.6 Å². The van der Waals surface area contributed by atoms with Crippen molar-refractivity contribution in [1.29, 1.82) is 5.26 Å². The number of carbonyl (C=O) groups is 2. The molecule has 3 heterocycles. The standard InChI is InChI=1S/C29H36ClN7O4/c30-25-17-24(4-1-21(25)18-31)41-23-5-2-22(3-6-23)32-28(38)26-7-8-27(34-33-26)36-11-9-20(10-12-36)19-35-13-15-37(16-14-35)29(39)40/h1,4,7-8,17,20,22-23H,2-3,5-6,9-16,19H2,(H,32,38)(H,39,40). The summed E-state index contributed by atoms with van der Waals surface area (Å²) in [6.45, 7) is 5.53. The highest BCUT2D eigenvalue weighted by atomic mass is 35.5. The maximum absolute atomic E-state index is 12.8. The number of rotatable bonds is 7. The Labute approximate surface area is 245 Å². The second-order valence-electron chi connectivity index (χ2n) is 11.1. The van der Waals surface area contributed by atoms with E-state index in [-0.39, 0.29) is 18.1 Å². The van der Waals surface area contributed by atoms with Crippen molar-refractivity contribution in [2.24, 2.45) is 5.92 Å². The maximum atomic E-state index is 12.8. The summed E-state index contributed by atoms with van der Waals surface area (Å²) in [4.78, 5) is 30.0. The second kappa shape index (κ2) is 13.4. The summed E-state index contributed by atoms with van der Waals surface area (Å²) < 4.78 is 6.04. The Hall–Kier alpha value is -3.62. The zero-order chi connectivity index (χ0) is 28.8. The van der Waals surface area contributed by atoms with Crippen LogP contribution in [0.5, 0.6) is 5.75 Å². The third kappa shape index (κ3) is 7.57. The smallest absolute Gasteiger partial charge is 0.407 e. The number of ether oxygens (including phenoxy) is 1. The Morgan fingerprint density at radius 1 is 1.00 bits per heavy atom. The first-order valence-electron chi connectivity index (χ1n) is 14.3. The van der Waals surface area contributed by atoms with Crippen molar-refractivity contribution >= 4 is 29.4 Å². The van der Waals surface area contributed by atoms with Crippen molar-refractivity contribution in [2.75, 3.05) is 50.7 Å². The molecule has 3 aliphatic rings. The van der Waals surface area contributed by atoms with E-state index in [1.54, 1.807) is 24.3 Å². The van der Waals surface area contributed by atoms with Crippen LogP contribution in [0.2, 0.25) is 5.02 Å². The van der Waals surface area contributed by atoms with Crippen LogP contribution in [0.3, 0.4) is 0 Å². The first-order chi connectivity index (χ1) is 19.9. The number of benzene rings is 1. The Bertz CT molecular complexity index is 1250. The minimum absolute atomic E-state index is 0.0394. The summed E-state index contributed by atoms with van der Waals surface area (Å²) >= 11 is 6.11. The molecule has 2 aromatic rings.